The first-order valence-electron chi connectivity index (χ1n) is 6.51. The van der Waals surface area contributed by atoms with Gasteiger partial charge in [0, 0.05) is 40.0 Å². The van der Waals surface area contributed by atoms with Crippen LogP contribution in [0, 0.1) is 0 Å². The van der Waals surface area contributed by atoms with Crippen LogP contribution in [-0.2, 0) is 6.54 Å². The molecule has 0 aromatic carbocycles. The highest BCUT2D eigenvalue weighted by Crippen LogP contribution is 2.24. The number of nitrogens with two attached hydrogens (primary N) is 1. The predicted octanol–water partition coefficient (Wildman–Crippen LogP) is 3.30. The van der Waals surface area contributed by atoms with E-state index in [4.69, 9.17) is 5.73 Å². The second-order valence-electron chi connectivity index (χ2n) is 4.66. The second kappa shape index (κ2) is 7.24. The van der Waals surface area contributed by atoms with E-state index in [0.29, 0.717) is 12.5 Å². The number of rotatable bonds is 2. The largest absolute Gasteiger partial charge is 0.370 e. The maximum atomic E-state index is 6.10. The standard InChI is InChI=1S/C13H18Br2N4/c14-11-8-17-9-12(15)10(11)7-18-13(16)19-5-3-1-2-4-6-19/h8-9H,1-7H2,(H2,16,18). The minimum atomic E-state index is 0.562. The zero-order valence-corrected chi connectivity index (χ0v) is 14.0. The molecule has 2 N–H and O–H groups in total. The monoisotopic (exact) mass is 388 g/mol. The van der Waals surface area contributed by atoms with Crippen molar-refractivity contribution in [3.63, 3.8) is 0 Å². The van der Waals surface area contributed by atoms with E-state index in [-0.39, 0.29) is 0 Å². The fraction of sp³-hybridized carbons (Fsp3) is 0.538. The highest BCUT2D eigenvalue weighted by Gasteiger charge is 2.11. The van der Waals surface area contributed by atoms with Crippen LogP contribution in [0.15, 0.2) is 26.3 Å². The molecule has 0 saturated carbocycles. The molecule has 6 heteroatoms. The Balaban J connectivity index is 2.04. The Morgan fingerprint density at radius 1 is 1.16 bits per heavy atom. The van der Waals surface area contributed by atoms with Gasteiger partial charge in [0.1, 0.15) is 0 Å². The fourth-order valence-electron chi connectivity index (χ4n) is 2.15. The van der Waals surface area contributed by atoms with Crippen LogP contribution in [0.5, 0.6) is 0 Å². The van der Waals surface area contributed by atoms with E-state index >= 15 is 0 Å². The molecule has 0 unspecified atom stereocenters. The summed E-state index contributed by atoms with van der Waals surface area (Å²) in [7, 11) is 0. The van der Waals surface area contributed by atoms with Crippen LogP contribution in [0.3, 0.4) is 0 Å². The Bertz CT molecular complexity index is 434. The quantitative estimate of drug-likeness (QED) is 0.623. The lowest BCUT2D eigenvalue weighted by atomic mass is 10.2. The van der Waals surface area contributed by atoms with E-state index in [1.807, 2.05) is 0 Å². The van der Waals surface area contributed by atoms with Crippen molar-refractivity contribution in [1.29, 1.82) is 0 Å². The molecular weight excluding hydrogens is 372 g/mol. The molecule has 0 radical (unpaired) electrons. The summed E-state index contributed by atoms with van der Waals surface area (Å²) in [5.74, 6) is 0.650. The minimum Gasteiger partial charge on any atom is -0.370 e. The van der Waals surface area contributed by atoms with Crippen LogP contribution >= 0.6 is 31.9 Å². The molecule has 4 nitrogen and oxygen atoms in total. The molecule has 1 aromatic heterocycles. The predicted molar refractivity (Wildman–Crippen MR) is 85.0 cm³/mol. The van der Waals surface area contributed by atoms with Crippen LogP contribution < -0.4 is 5.73 Å². The summed E-state index contributed by atoms with van der Waals surface area (Å²) in [5.41, 5.74) is 7.17. The molecular formula is C13H18Br2N4. The van der Waals surface area contributed by atoms with Crippen molar-refractivity contribution < 1.29 is 0 Å². The number of aliphatic imine (C=N–C) groups is 1. The lowest BCUT2D eigenvalue weighted by Gasteiger charge is -2.21. The first kappa shape index (κ1) is 14.8. The topological polar surface area (TPSA) is 54.5 Å². The Morgan fingerprint density at radius 3 is 2.32 bits per heavy atom. The summed E-state index contributed by atoms with van der Waals surface area (Å²) in [5, 5.41) is 0. The molecule has 1 aromatic rings. The number of pyridine rings is 1. The van der Waals surface area contributed by atoms with E-state index < -0.39 is 0 Å². The first-order valence-corrected chi connectivity index (χ1v) is 8.10. The lowest BCUT2D eigenvalue weighted by molar-refractivity contribution is 0.428. The van der Waals surface area contributed by atoms with Crippen LogP contribution in [0.4, 0.5) is 0 Å². The van der Waals surface area contributed by atoms with Crippen molar-refractivity contribution in [2.75, 3.05) is 13.1 Å². The lowest BCUT2D eigenvalue weighted by Crippen LogP contribution is -2.38. The van der Waals surface area contributed by atoms with Crippen molar-refractivity contribution in [2.24, 2.45) is 10.7 Å². The molecule has 1 saturated heterocycles. The van der Waals surface area contributed by atoms with Gasteiger partial charge in [-0.1, -0.05) is 12.8 Å². The van der Waals surface area contributed by atoms with Crippen molar-refractivity contribution in [3.8, 4) is 0 Å². The Kier molecular flexibility index (Phi) is 5.63. The number of guanidine groups is 1. The summed E-state index contributed by atoms with van der Waals surface area (Å²) >= 11 is 6.98. The molecule has 0 spiro atoms. The van der Waals surface area contributed by atoms with Gasteiger partial charge in [-0.15, -0.1) is 0 Å². The molecule has 2 rings (SSSR count). The molecule has 0 amide bonds. The van der Waals surface area contributed by atoms with Crippen molar-refractivity contribution in [1.82, 2.24) is 9.88 Å². The van der Waals surface area contributed by atoms with Gasteiger partial charge in [0.15, 0.2) is 5.96 Å². The Hall–Kier alpha value is -0.620. The third-order valence-corrected chi connectivity index (χ3v) is 4.65. The first-order chi connectivity index (χ1) is 9.18. The molecule has 1 aliphatic heterocycles. The van der Waals surface area contributed by atoms with Gasteiger partial charge in [0.2, 0.25) is 0 Å². The number of hydrogen-bond donors (Lipinski definition) is 1. The summed E-state index contributed by atoms with van der Waals surface area (Å²) in [6.45, 7) is 2.61. The van der Waals surface area contributed by atoms with Crippen LogP contribution in [-0.4, -0.2) is 28.9 Å². The van der Waals surface area contributed by atoms with Gasteiger partial charge in [-0.25, -0.2) is 4.99 Å². The molecule has 19 heavy (non-hydrogen) atoms. The molecule has 0 atom stereocenters. The highest BCUT2D eigenvalue weighted by molar-refractivity contribution is 9.11. The third-order valence-electron chi connectivity index (χ3n) is 3.28. The molecule has 1 fully saturated rings. The highest BCUT2D eigenvalue weighted by atomic mass is 79.9. The summed E-state index contributed by atoms with van der Waals surface area (Å²) in [6, 6.07) is 0. The van der Waals surface area contributed by atoms with Crippen LogP contribution in [0.1, 0.15) is 31.2 Å². The third kappa shape index (κ3) is 4.18. The van der Waals surface area contributed by atoms with Gasteiger partial charge in [0.05, 0.1) is 6.54 Å². The molecule has 0 aliphatic carbocycles. The molecule has 104 valence electrons. The zero-order valence-electron chi connectivity index (χ0n) is 10.8. The van der Waals surface area contributed by atoms with Crippen LogP contribution in [0.2, 0.25) is 0 Å². The maximum Gasteiger partial charge on any atom is 0.191 e. The van der Waals surface area contributed by atoms with Gasteiger partial charge < -0.3 is 10.6 Å². The number of aromatic nitrogens is 1. The molecule has 0 bridgehead atoms. The SMILES string of the molecule is NC(=NCc1c(Br)cncc1Br)N1CCCCCC1. The van der Waals surface area contributed by atoms with Gasteiger partial charge in [-0.3, -0.25) is 4.98 Å². The van der Waals surface area contributed by atoms with Gasteiger partial charge in [-0.05, 0) is 44.7 Å². The van der Waals surface area contributed by atoms with Crippen molar-refractivity contribution in [2.45, 2.75) is 32.2 Å². The van der Waals surface area contributed by atoms with E-state index in [1.165, 1.54) is 25.7 Å². The van der Waals surface area contributed by atoms with Crippen molar-refractivity contribution in [3.05, 3.63) is 26.9 Å². The summed E-state index contributed by atoms with van der Waals surface area (Å²) < 4.78 is 1.91. The number of likely N-dealkylation sites (tertiary alicyclic amines) is 1. The number of hydrogen-bond acceptors (Lipinski definition) is 2. The Labute approximate surface area is 130 Å². The molecule has 2 heterocycles. The zero-order chi connectivity index (χ0) is 13.7. The summed E-state index contributed by atoms with van der Waals surface area (Å²) in [4.78, 5) is 10.8. The number of nitrogens with zero attached hydrogens (tertiary/aromatic N) is 3. The van der Waals surface area contributed by atoms with Gasteiger partial charge in [0.25, 0.3) is 0 Å². The fourth-order valence-corrected chi connectivity index (χ4v) is 3.33. The normalized spacial score (nSPS) is 17.4. The smallest absolute Gasteiger partial charge is 0.191 e. The van der Waals surface area contributed by atoms with Gasteiger partial charge >= 0.3 is 0 Å². The van der Waals surface area contributed by atoms with Gasteiger partial charge in [-0.2, -0.15) is 0 Å². The number of halogens is 2. The average molecular weight is 390 g/mol. The van der Waals surface area contributed by atoms with Crippen LogP contribution in [0.25, 0.3) is 0 Å². The Morgan fingerprint density at radius 2 is 1.74 bits per heavy atom. The van der Waals surface area contributed by atoms with E-state index in [0.717, 1.165) is 27.6 Å². The maximum absolute atomic E-state index is 6.10. The van der Waals surface area contributed by atoms with E-state index in [9.17, 15) is 0 Å². The van der Waals surface area contributed by atoms with Crippen molar-refractivity contribution >= 4 is 37.8 Å². The van der Waals surface area contributed by atoms with E-state index in [1.54, 1.807) is 12.4 Å². The minimum absolute atomic E-state index is 0.562. The molecule has 1 aliphatic rings. The van der Waals surface area contributed by atoms with E-state index in [2.05, 4.69) is 46.7 Å². The second-order valence-corrected chi connectivity index (χ2v) is 6.37. The average Bonchev–Trinajstić information content (AvgIpc) is 2.66. The summed E-state index contributed by atoms with van der Waals surface area (Å²) in [6.07, 6.45) is 8.56.